The number of rotatable bonds is 9. The number of nitrogens with one attached hydrogen (secondary N) is 1. The number of carbonyl (C=O) groups excluding carboxylic acids is 2. The van der Waals surface area contributed by atoms with Crippen molar-refractivity contribution in [2.45, 2.75) is 50.2 Å². The monoisotopic (exact) mass is 795 g/mol. The third kappa shape index (κ3) is 5.62. The summed E-state index contributed by atoms with van der Waals surface area (Å²) < 4.78 is 16.1. The molecule has 9 rings (SSSR count). The predicted octanol–water partition coefficient (Wildman–Crippen LogP) is 3.95. The number of fused-ring (bicyclic) bond motifs is 5. The van der Waals surface area contributed by atoms with E-state index in [0.29, 0.717) is 44.9 Å². The Bertz CT molecular complexity index is 2890. The number of hydrogen-bond donors (Lipinski definition) is 2. The highest BCUT2D eigenvalue weighted by Crippen LogP contribution is 2.61. The maximum absolute atomic E-state index is 15.3. The van der Waals surface area contributed by atoms with Crippen LogP contribution in [0.15, 0.2) is 117 Å². The lowest BCUT2D eigenvalue weighted by molar-refractivity contribution is -0.138. The molecule has 0 spiro atoms. The largest absolute Gasteiger partial charge is 0.508 e. The smallest absolute Gasteiger partial charge is 0.347 e. The van der Waals surface area contributed by atoms with Crippen LogP contribution >= 0.6 is 0 Å². The van der Waals surface area contributed by atoms with Crippen LogP contribution in [0.3, 0.4) is 0 Å². The minimum absolute atomic E-state index is 0.0160. The predicted molar refractivity (Wildman–Crippen MR) is 218 cm³/mol. The summed E-state index contributed by atoms with van der Waals surface area (Å²) in [6, 6.07) is 25.6. The van der Waals surface area contributed by atoms with Gasteiger partial charge in [-0.3, -0.25) is 19.8 Å². The fraction of sp³-hybridized carbons (Fsp3) is 0.273. The molecule has 0 bridgehead atoms. The number of amides is 2. The first-order valence-electron chi connectivity index (χ1n) is 19.3. The number of benzene rings is 4. The number of hydrogen-bond acceptors (Lipinski definition) is 10. The van der Waals surface area contributed by atoms with Crippen LogP contribution in [-0.4, -0.2) is 59.6 Å². The molecule has 2 fully saturated rings. The number of phenols is 1. The second kappa shape index (κ2) is 14.0. The number of ether oxygens (including phenoxy) is 2. The van der Waals surface area contributed by atoms with Gasteiger partial charge >= 0.3 is 11.4 Å². The highest BCUT2D eigenvalue weighted by atomic mass is 16.5. The molecule has 1 aliphatic carbocycles. The summed E-state index contributed by atoms with van der Waals surface area (Å²) >= 11 is 0. The number of allylic oxidation sites excluding steroid dienone is 2. The molecule has 6 aromatic rings. The summed E-state index contributed by atoms with van der Waals surface area (Å²) in [6.45, 7) is 1.82. The van der Waals surface area contributed by atoms with Gasteiger partial charge in [-0.1, -0.05) is 66.2 Å². The van der Waals surface area contributed by atoms with E-state index in [1.54, 1.807) is 43.4 Å². The van der Waals surface area contributed by atoms with Crippen LogP contribution in [0.4, 0.5) is 5.69 Å². The van der Waals surface area contributed by atoms with Crippen LogP contribution < -0.4 is 31.8 Å². The average Bonchev–Trinajstić information content (AvgIpc) is 3.62. The molecule has 4 atom stereocenters. The van der Waals surface area contributed by atoms with Crippen LogP contribution in [0.2, 0.25) is 0 Å². The van der Waals surface area contributed by atoms with E-state index >= 15 is 4.79 Å². The van der Waals surface area contributed by atoms with Gasteiger partial charge in [0.05, 0.1) is 54.9 Å². The highest BCUT2D eigenvalue weighted by Gasteiger charge is 2.68. The standard InChI is InChI=1S/C44H41N7O8/c1-25-10-14-28(15-11-25)46-50-39(53)31-22-34-30(38(26-12-16-29(52)17-13-26)44(31,41(50)55)27-8-6-5-7-9-27)18-21-49-42(56)48(43(57)51(34)49)20-19-32-40(54)47(2)35-24-37(59-4)36(58-3)23-33(35)45-32/h5-18,23-24,31,34,38,46,52H,19-22H2,1-4H3/t31-,34+,38-,44+/m0/s1. The van der Waals surface area contributed by atoms with Crippen molar-refractivity contribution in [2.24, 2.45) is 13.0 Å². The molecule has 2 aliphatic heterocycles. The van der Waals surface area contributed by atoms with Gasteiger partial charge in [-0.05, 0) is 54.3 Å². The summed E-state index contributed by atoms with van der Waals surface area (Å²) in [5.74, 6) is -1.79. The number of methoxy groups -OCH3 is 2. The van der Waals surface area contributed by atoms with Crippen LogP contribution in [0, 0.1) is 12.8 Å². The van der Waals surface area contributed by atoms with E-state index in [4.69, 9.17) is 9.47 Å². The Hall–Kier alpha value is -7.16. The number of carbonyl (C=O) groups is 2. The molecule has 4 heterocycles. The van der Waals surface area contributed by atoms with E-state index in [0.717, 1.165) is 15.1 Å². The summed E-state index contributed by atoms with van der Waals surface area (Å²) in [5, 5.41) is 11.5. The first-order valence-corrected chi connectivity index (χ1v) is 19.3. The zero-order valence-electron chi connectivity index (χ0n) is 32.8. The molecule has 2 aromatic heterocycles. The molecule has 3 aliphatic rings. The van der Waals surface area contributed by atoms with Crippen molar-refractivity contribution in [1.82, 2.24) is 28.5 Å². The Morgan fingerprint density at radius 3 is 2.27 bits per heavy atom. The second-order valence-electron chi connectivity index (χ2n) is 15.2. The van der Waals surface area contributed by atoms with E-state index in [9.17, 15) is 24.3 Å². The number of aromatic hydroxyl groups is 1. The molecule has 2 N–H and O–H groups in total. The van der Waals surface area contributed by atoms with Gasteiger partial charge in [0.25, 0.3) is 17.4 Å². The Balaban J connectivity index is 1.15. The lowest BCUT2D eigenvalue weighted by Crippen LogP contribution is -2.53. The van der Waals surface area contributed by atoms with Crippen molar-refractivity contribution in [1.29, 1.82) is 0 Å². The van der Waals surface area contributed by atoms with Gasteiger partial charge in [-0.25, -0.2) is 28.5 Å². The maximum Gasteiger partial charge on any atom is 0.347 e. The van der Waals surface area contributed by atoms with E-state index in [1.807, 2.05) is 55.5 Å². The molecule has 2 amide bonds. The Morgan fingerprint density at radius 2 is 1.58 bits per heavy atom. The van der Waals surface area contributed by atoms with E-state index in [-0.39, 0.29) is 42.9 Å². The number of nitrogens with zero attached hydrogens (tertiary/aromatic N) is 6. The normalized spacial score (nSPS) is 20.8. The van der Waals surface area contributed by atoms with Crippen molar-refractivity contribution in [3.63, 3.8) is 0 Å². The van der Waals surface area contributed by atoms with Crippen molar-refractivity contribution in [3.8, 4) is 17.2 Å². The fourth-order valence-electron chi connectivity index (χ4n) is 9.38. The number of aryl methyl sites for hydroxylation is 3. The number of aromatic nitrogens is 5. The van der Waals surface area contributed by atoms with Gasteiger partial charge in [0.1, 0.15) is 11.4 Å². The number of hydrazine groups is 1. The molecule has 4 aromatic carbocycles. The van der Waals surface area contributed by atoms with Crippen LogP contribution in [0.1, 0.15) is 40.8 Å². The minimum atomic E-state index is -1.46. The lowest BCUT2D eigenvalue weighted by atomic mass is 9.53. The van der Waals surface area contributed by atoms with E-state index < -0.39 is 46.5 Å². The van der Waals surface area contributed by atoms with Crippen molar-refractivity contribution in [2.75, 3.05) is 19.6 Å². The molecule has 59 heavy (non-hydrogen) atoms. The average molecular weight is 796 g/mol. The first-order chi connectivity index (χ1) is 28.5. The zero-order chi connectivity index (χ0) is 41.3. The third-order valence-corrected chi connectivity index (χ3v) is 12.2. The molecule has 0 radical (unpaired) electrons. The Morgan fingerprint density at radius 1 is 0.881 bits per heavy atom. The SMILES string of the molecule is COc1cc2nc(CCn3c(=O)n4n(c3=O)[C@@H]3C[C@H]5C(=O)N(Nc6ccc(C)cc6)C(=O)[C@@]5(c5ccccc5)[C@@H](c5ccc(O)cc5)C3=CC4)c(=O)n(C)c2cc1OC. The fourth-order valence-corrected chi connectivity index (χ4v) is 9.38. The van der Waals surface area contributed by atoms with Gasteiger partial charge in [-0.15, -0.1) is 0 Å². The summed E-state index contributed by atoms with van der Waals surface area (Å²) in [4.78, 5) is 76.9. The number of imide groups is 1. The number of anilines is 1. The summed E-state index contributed by atoms with van der Waals surface area (Å²) in [6.07, 6.45) is 1.89. The van der Waals surface area contributed by atoms with Gasteiger partial charge in [0.15, 0.2) is 11.5 Å². The highest BCUT2D eigenvalue weighted by molar-refractivity contribution is 6.12. The molecule has 1 saturated carbocycles. The van der Waals surface area contributed by atoms with Gasteiger partial charge in [-0.2, -0.15) is 5.01 Å². The first kappa shape index (κ1) is 37.4. The molecule has 15 heteroatoms. The van der Waals surface area contributed by atoms with E-state index in [1.165, 1.54) is 40.3 Å². The molecule has 0 unspecified atom stereocenters. The zero-order valence-corrected chi connectivity index (χ0v) is 32.8. The van der Waals surface area contributed by atoms with Crippen LogP contribution in [0.25, 0.3) is 11.0 Å². The minimum Gasteiger partial charge on any atom is -0.508 e. The molecule has 15 nitrogen and oxygen atoms in total. The summed E-state index contributed by atoms with van der Waals surface area (Å²) in [7, 11) is 4.61. The van der Waals surface area contributed by atoms with Gasteiger partial charge < -0.3 is 19.1 Å². The van der Waals surface area contributed by atoms with Gasteiger partial charge in [0.2, 0.25) is 0 Å². The lowest BCUT2D eigenvalue weighted by Gasteiger charge is -2.49. The van der Waals surface area contributed by atoms with E-state index in [2.05, 4.69) is 10.4 Å². The van der Waals surface area contributed by atoms with Crippen LogP contribution in [0.5, 0.6) is 17.2 Å². The summed E-state index contributed by atoms with van der Waals surface area (Å²) in [5.41, 5.74) is 4.73. The third-order valence-electron chi connectivity index (χ3n) is 12.2. The quantitative estimate of drug-likeness (QED) is 0.161. The van der Waals surface area contributed by atoms with Crippen LogP contribution in [-0.2, 0) is 41.6 Å². The number of phenolic OH excluding ortho intramolecular Hbond substituents is 1. The molecular formula is C44H41N7O8. The Kier molecular flexibility index (Phi) is 8.90. The Labute approximate surface area is 336 Å². The van der Waals surface area contributed by atoms with Crippen molar-refractivity contribution >= 4 is 28.5 Å². The second-order valence-corrected chi connectivity index (χ2v) is 15.2. The van der Waals surface area contributed by atoms with Gasteiger partial charge in [0, 0.05) is 38.1 Å². The van der Waals surface area contributed by atoms with Crippen molar-refractivity contribution in [3.05, 3.63) is 156 Å². The topological polar surface area (TPSA) is 172 Å². The maximum atomic E-state index is 15.3. The van der Waals surface area contributed by atoms with Crippen molar-refractivity contribution < 1.29 is 24.2 Å². The molecular weight excluding hydrogens is 755 g/mol. The molecule has 1 saturated heterocycles. The molecule has 300 valence electrons.